The summed E-state index contributed by atoms with van der Waals surface area (Å²) < 4.78 is 28.2. The lowest BCUT2D eigenvalue weighted by atomic mass is 9.96. The molecule has 0 bridgehead atoms. The average molecular weight is 356 g/mol. The SMILES string of the molecule is O=C(O)c1ccc(NCCCO)c(S(=O)(=O)NC2CCCCC2)c1. The molecule has 0 amide bonds. The number of aliphatic hydroxyl groups excluding tert-OH is 1. The number of carbonyl (C=O) groups is 1. The summed E-state index contributed by atoms with van der Waals surface area (Å²) in [6.07, 6.45) is 5.15. The Hall–Kier alpha value is -1.64. The Morgan fingerprint density at radius 1 is 1.21 bits per heavy atom. The maximum atomic E-state index is 12.7. The van der Waals surface area contributed by atoms with Crippen LogP contribution in [0.25, 0.3) is 0 Å². The van der Waals surface area contributed by atoms with Gasteiger partial charge in [0.2, 0.25) is 10.0 Å². The van der Waals surface area contributed by atoms with E-state index in [9.17, 15) is 13.2 Å². The lowest BCUT2D eigenvalue weighted by Crippen LogP contribution is -2.36. The number of aliphatic hydroxyl groups is 1. The molecule has 1 aliphatic carbocycles. The molecule has 0 spiro atoms. The molecule has 1 saturated carbocycles. The summed E-state index contributed by atoms with van der Waals surface area (Å²) in [4.78, 5) is 11.1. The van der Waals surface area contributed by atoms with Crippen LogP contribution in [0.4, 0.5) is 5.69 Å². The van der Waals surface area contributed by atoms with Crippen molar-refractivity contribution >= 4 is 21.7 Å². The molecular weight excluding hydrogens is 332 g/mol. The van der Waals surface area contributed by atoms with Gasteiger partial charge in [-0.2, -0.15) is 0 Å². The summed E-state index contributed by atoms with van der Waals surface area (Å²) in [5.41, 5.74) is 0.267. The van der Waals surface area contributed by atoms with Gasteiger partial charge in [-0.1, -0.05) is 19.3 Å². The van der Waals surface area contributed by atoms with Crippen LogP contribution in [0.1, 0.15) is 48.9 Å². The molecule has 7 nitrogen and oxygen atoms in total. The molecule has 1 aromatic carbocycles. The fraction of sp³-hybridized carbons (Fsp3) is 0.562. The Balaban J connectivity index is 2.28. The molecule has 0 saturated heterocycles. The van der Waals surface area contributed by atoms with E-state index in [1.165, 1.54) is 18.2 Å². The maximum absolute atomic E-state index is 12.7. The van der Waals surface area contributed by atoms with Gasteiger partial charge in [-0.05, 0) is 37.5 Å². The van der Waals surface area contributed by atoms with E-state index in [-0.39, 0.29) is 23.1 Å². The van der Waals surface area contributed by atoms with Crippen LogP contribution in [0, 0.1) is 0 Å². The van der Waals surface area contributed by atoms with Gasteiger partial charge in [0.05, 0.1) is 11.3 Å². The molecule has 0 aromatic heterocycles. The molecule has 0 radical (unpaired) electrons. The van der Waals surface area contributed by atoms with Crippen molar-refractivity contribution in [2.45, 2.75) is 49.5 Å². The highest BCUT2D eigenvalue weighted by Gasteiger charge is 2.25. The highest BCUT2D eigenvalue weighted by Crippen LogP contribution is 2.25. The molecule has 0 atom stereocenters. The van der Waals surface area contributed by atoms with Gasteiger partial charge < -0.3 is 15.5 Å². The minimum Gasteiger partial charge on any atom is -0.478 e. The standard InChI is InChI=1S/C16H24N2O5S/c19-10-4-9-17-14-8-7-12(16(20)21)11-15(14)24(22,23)18-13-5-2-1-3-6-13/h7-8,11,13,17-19H,1-6,9-10H2,(H,20,21). The average Bonchev–Trinajstić information content (AvgIpc) is 2.55. The van der Waals surface area contributed by atoms with Crippen LogP contribution in [0.15, 0.2) is 23.1 Å². The number of hydrogen-bond donors (Lipinski definition) is 4. The number of rotatable bonds is 8. The molecule has 0 aliphatic heterocycles. The van der Waals surface area contributed by atoms with Crippen LogP contribution < -0.4 is 10.0 Å². The molecule has 1 aliphatic rings. The Morgan fingerprint density at radius 3 is 2.54 bits per heavy atom. The Kier molecular flexibility index (Phi) is 6.59. The van der Waals surface area contributed by atoms with Gasteiger partial charge in [-0.15, -0.1) is 0 Å². The van der Waals surface area contributed by atoms with Crippen molar-refractivity contribution < 1.29 is 23.4 Å². The van der Waals surface area contributed by atoms with Gasteiger partial charge in [-0.3, -0.25) is 0 Å². The molecule has 1 aromatic rings. The second-order valence-electron chi connectivity index (χ2n) is 5.98. The molecule has 0 heterocycles. The summed E-state index contributed by atoms with van der Waals surface area (Å²) in [5.74, 6) is -1.17. The first-order chi connectivity index (χ1) is 11.4. The van der Waals surface area contributed by atoms with Crippen molar-refractivity contribution in [1.29, 1.82) is 0 Å². The minimum absolute atomic E-state index is 0.0113. The van der Waals surface area contributed by atoms with E-state index in [0.717, 1.165) is 32.1 Å². The zero-order valence-corrected chi connectivity index (χ0v) is 14.3. The van der Waals surface area contributed by atoms with Crippen molar-refractivity contribution in [2.75, 3.05) is 18.5 Å². The van der Waals surface area contributed by atoms with Crippen molar-refractivity contribution in [2.24, 2.45) is 0 Å². The Bertz CT molecular complexity index is 669. The normalized spacial score (nSPS) is 16.0. The first-order valence-corrected chi connectivity index (χ1v) is 9.67. The quantitative estimate of drug-likeness (QED) is 0.528. The van der Waals surface area contributed by atoms with E-state index in [0.29, 0.717) is 18.7 Å². The van der Waals surface area contributed by atoms with Crippen LogP contribution in [0.5, 0.6) is 0 Å². The van der Waals surface area contributed by atoms with E-state index >= 15 is 0 Å². The third kappa shape index (κ3) is 4.93. The first-order valence-electron chi connectivity index (χ1n) is 8.18. The van der Waals surface area contributed by atoms with E-state index in [1.54, 1.807) is 0 Å². The monoisotopic (exact) mass is 356 g/mol. The van der Waals surface area contributed by atoms with Gasteiger partial charge in [-0.25, -0.2) is 17.9 Å². The van der Waals surface area contributed by atoms with Crippen LogP contribution in [-0.4, -0.2) is 43.8 Å². The third-order valence-electron chi connectivity index (χ3n) is 4.10. The largest absolute Gasteiger partial charge is 0.478 e. The molecule has 8 heteroatoms. The molecule has 24 heavy (non-hydrogen) atoms. The van der Waals surface area contributed by atoms with Crippen molar-refractivity contribution in [1.82, 2.24) is 4.72 Å². The minimum atomic E-state index is -3.82. The second kappa shape index (κ2) is 8.46. The Morgan fingerprint density at radius 2 is 1.92 bits per heavy atom. The number of carboxylic acids is 1. The van der Waals surface area contributed by atoms with Gasteiger partial charge in [0.25, 0.3) is 0 Å². The maximum Gasteiger partial charge on any atom is 0.335 e. The summed E-state index contributed by atoms with van der Waals surface area (Å²) in [7, 11) is -3.82. The number of nitrogens with one attached hydrogen (secondary N) is 2. The van der Waals surface area contributed by atoms with Gasteiger partial charge in [0, 0.05) is 19.2 Å². The van der Waals surface area contributed by atoms with Crippen molar-refractivity contribution in [3.05, 3.63) is 23.8 Å². The van der Waals surface area contributed by atoms with E-state index in [2.05, 4.69) is 10.0 Å². The number of carboxylic acid groups (broad SMARTS) is 1. The summed E-state index contributed by atoms with van der Waals surface area (Å²) in [5, 5.41) is 20.9. The first kappa shape index (κ1) is 18.7. The van der Waals surface area contributed by atoms with Gasteiger partial charge >= 0.3 is 5.97 Å². The molecule has 0 unspecified atom stereocenters. The molecule has 2 rings (SSSR count). The van der Waals surface area contributed by atoms with Crippen LogP contribution in [0.2, 0.25) is 0 Å². The van der Waals surface area contributed by atoms with Crippen LogP contribution in [-0.2, 0) is 10.0 Å². The van der Waals surface area contributed by atoms with Gasteiger partial charge in [0.1, 0.15) is 4.90 Å². The van der Waals surface area contributed by atoms with E-state index in [1.807, 2.05) is 0 Å². The molecule has 4 N–H and O–H groups in total. The summed E-state index contributed by atoms with van der Waals surface area (Å²) in [6, 6.07) is 3.89. The number of hydrogen-bond acceptors (Lipinski definition) is 5. The predicted molar refractivity (Wildman–Crippen MR) is 90.8 cm³/mol. The number of sulfonamides is 1. The van der Waals surface area contributed by atoms with Gasteiger partial charge in [0.15, 0.2) is 0 Å². The zero-order chi connectivity index (χ0) is 17.6. The predicted octanol–water partition coefficient (Wildman–Crippen LogP) is 1.79. The summed E-state index contributed by atoms with van der Waals surface area (Å²) in [6.45, 7) is 0.386. The third-order valence-corrected chi connectivity index (χ3v) is 5.66. The fourth-order valence-electron chi connectivity index (χ4n) is 2.83. The lowest BCUT2D eigenvalue weighted by molar-refractivity contribution is 0.0696. The highest BCUT2D eigenvalue weighted by molar-refractivity contribution is 7.89. The van der Waals surface area contributed by atoms with Crippen molar-refractivity contribution in [3.63, 3.8) is 0 Å². The fourth-order valence-corrected chi connectivity index (χ4v) is 4.34. The lowest BCUT2D eigenvalue weighted by Gasteiger charge is -2.23. The van der Waals surface area contributed by atoms with Crippen LogP contribution in [0.3, 0.4) is 0 Å². The molecule has 1 fully saturated rings. The highest BCUT2D eigenvalue weighted by atomic mass is 32.2. The smallest absolute Gasteiger partial charge is 0.335 e. The molecular formula is C16H24N2O5S. The topological polar surface area (TPSA) is 116 Å². The Labute approximate surface area is 142 Å². The second-order valence-corrected chi connectivity index (χ2v) is 7.66. The van der Waals surface area contributed by atoms with E-state index < -0.39 is 16.0 Å². The van der Waals surface area contributed by atoms with E-state index in [4.69, 9.17) is 10.2 Å². The number of aromatic carboxylic acids is 1. The van der Waals surface area contributed by atoms with Crippen molar-refractivity contribution in [3.8, 4) is 0 Å². The molecule has 134 valence electrons. The summed E-state index contributed by atoms with van der Waals surface area (Å²) >= 11 is 0. The zero-order valence-electron chi connectivity index (χ0n) is 13.5. The number of anilines is 1. The van der Waals surface area contributed by atoms with Crippen LogP contribution >= 0.6 is 0 Å². The number of benzene rings is 1.